The summed E-state index contributed by atoms with van der Waals surface area (Å²) in [6.07, 6.45) is 1.18. The number of rotatable bonds is 6. The predicted octanol–water partition coefficient (Wildman–Crippen LogP) is 1.69. The van der Waals surface area contributed by atoms with E-state index in [0.29, 0.717) is 24.5 Å². The normalized spacial score (nSPS) is 19.8. The number of carbonyl (C=O) groups excluding carboxylic acids is 2. The van der Waals surface area contributed by atoms with Crippen LogP contribution in [0.2, 0.25) is 0 Å². The average molecular weight is 430 g/mol. The Bertz CT molecular complexity index is 923. The number of hydrogen-bond acceptors (Lipinski definition) is 6. The van der Waals surface area contributed by atoms with Gasteiger partial charge in [0, 0.05) is 44.0 Å². The maximum absolute atomic E-state index is 13.2. The van der Waals surface area contributed by atoms with E-state index in [9.17, 15) is 14.0 Å². The first-order chi connectivity index (χ1) is 14.5. The van der Waals surface area contributed by atoms with Gasteiger partial charge in [0.1, 0.15) is 17.6 Å². The highest BCUT2D eigenvalue weighted by Gasteiger charge is 2.37. The van der Waals surface area contributed by atoms with E-state index in [2.05, 4.69) is 27.5 Å². The molecular weight excluding hydrogens is 405 g/mol. The first-order valence-electron chi connectivity index (χ1n) is 9.97. The van der Waals surface area contributed by atoms with Gasteiger partial charge in [-0.05, 0) is 42.1 Å². The Balaban J connectivity index is 1.37. The van der Waals surface area contributed by atoms with Crippen molar-refractivity contribution in [1.82, 2.24) is 9.80 Å². The zero-order valence-electron chi connectivity index (χ0n) is 16.5. The molecule has 9 heteroatoms. The highest BCUT2D eigenvalue weighted by atomic mass is 32.1. The second kappa shape index (κ2) is 8.93. The number of piperazine rings is 1. The molecule has 2 N–H and O–H groups in total. The van der Waals surface area contributed by atoms with Gasteiger partial charge in [-0.15, -0.1) is 11.3 Å². The lowest BCUT2D eigenvalue weighted by Gasteiger charge is -2.34. The number of anilines is 1. The van der Waals surface area contributed by atoms with Gasteiger partial charge in [-0.1, -0.05) is 6.07 Å². The SMILES string of the molecule is NC(=O)C1CC(C(=O)N2CCN(CCc3cccs3)CC2)=NN1c1ccc(F)cc1. The third kappa shape index (κ3) is 4.52. The molecule has 0 radical (unpaired) electrons. The van der Waals surface area contributed by atoms with Crippen LogP contribution in [0.4, 0.5) is 10.1 Å². The van der Waals surface area contributed by atoms with Gasteiger partial charge in [-0.2, -0.15) is 5.10 Å². The van der Waals surface area contributed by atoms with Gasteiger partial charge >= 0.3 is 0 Å². The molecular formula is C21H24FN5O2S. The van der Waals surface area contributed by atoms with Crippen LogP contribution in [0.1, 0.15) is 11.3 Å². The molecule has 3 heterocycles. The van der Waals surface area contributed by atoms with Crippen molar-refractivity contribution < 1.29 is 14.0 Å². The number of thiophene rings is 1. The Morgan fingerprint density at radius 1 is 1.13 bits per heavy atom. The van der Waals surface area contributed by atoms with Crippen molar-refractivity contribution in [3.05, 3.63) is 52.5 Å². The van der Waals surface area contributed by atoms with Gasteiger partial charge in [0.2, 0.25) is 5.91 Å². The minimum absolute atomic E-state index is 0.157. The number of carbonyl (C=O) groups is 2. The predicted molar refractivity (Wildman–Crippen MR) is 115 cm³/mol. The molecule has 2 aliphatic heterocycles. The van der Waals surface area contributed by atoms with Crippen LogP contribution >= 0.6 is 11.3 Å². The number of halogens is 1. The lowest BCUT2D eigenvalue weighted by Crippen LogP contribution is -2.51. The molecule has 1 saturated heterocycles. The second-order valence-electron chi connectivity index (χ2n) is 7.45. The quantitative estimate of drug-likeness (QED) is 0.758. The van der Waals surface area contributed by atoms with Gasteiger partial charge in [0.25, 0.3) is 5.91 Å². The first kappa shape index (κ1) is 20.5. The van der Waals surface area contributed by atoms with Gasteiger partial charge in [-0.25, -0.2) is 4.39 Å². The summed E-state index contributed by atoms with van der Waals surface area (Å²) in [6.45, 7) is 3.85. The van der Waals surface area contributed by atoms with Crippen molar-refractivity contribution >= 4 is 34.6 Å². The maximum Gasteiger partial charge on any atom is 0.270 e. The third-order valence-corrected chi connectivity index (χ3v) is 6.43. The molecule has 2 aromatic rings. The van der Waals surface area contributed by atoms with Crippen molar-refractivity contribution in [3.8, 4) is 0 Å². The molecule has 1 atom stereocenters. The Labute approximate surface area is 178 Å². The van der Waals surface area contributed by atoms with Crippen LogP contribution in [0.3, 0.4) is 0 Å². The zero-order valence-corrected chi connectivity index (χ0v) is 17.4. The van der Waals surface area contributed by atoms with E-state index in [4.69, 9.17) is 5.73 Å². The van der Waals surface area contributed by atoms with Crippen molar-refractivity contribution in [2.75, 3.05) is 37.7 Å². The van der Waals surface area contributed by atoms with Crippen LogP contribution in [0, 0.1) is 5.82 Å². The molecule has 7 nitrogen and oxygen atoms in total. The number of benzene rings is 1. The third-order valence-electron chi connectivity index (χ3n) is 5.49. The van der Waals surface area contributed by atoms with Crippen LogP contribution in [0.25, 0.3) is 0 Å². The monoisotopic (exact) mass is 429 g/mol. The van der Waals surface area contributed by atoms with Crippen LogP contribution < -0.4 is 10.7 Å². The van der Waals surface area contributed by atoms with E-state index in [1.807, 2.05) is 0 Å². The number of amides is 2. The van der Waals surface area contributed by atoms with Crippen LogP contribution in [0.15, 0.2) is 46.9 Å². The van der Waals surface area contributed by atoms with E-state index in [-0.39, 0.29) is 18.1 Å². The van der Waals surface area contributed by atoms with E-state index in [1.165, 1.54) is 34.2 Å². The molecule has 1 aromatic carbocycles. The lowest BCUT2D eigenvalue weighted by molar-refractivity contribution is -0.125. The van der Waals surface area contributed by atoms with E-state index in [0.717, 1.165) is 26.1 Å². The molecule has 0 saturated carbocycles. The van der Waals surface area contributed by atoms with Gasteiger partial charge in [0.05, 0.1) is 5.69 Å². The largest absolute Gasteiger partial charge is 0.368 e. The Kier molecular flexibility index (Phi) is 6.10. The van der Waals surface area contributed by atoms with Crippen molar-refractivity contribution in [2.45, 2.75) is 18.9 Å². The van der Waals surface area contributed by atoms with E-state index >= 15 is 0 Å². The number of nitrogens with two attached hydrogens (primary N) is 1. The Hall–Kier alpha value is -2.78. The van der Waals surface area contributed by atoms with Gasteiger partial charge < -0.3 is 10.6 Å². The summed E-state index contributed by atoms with van der Waals surface area (Å²) in [7, 11) is 0. The maximum atomic E-state index is 13.2. The number of primary amides is 1. The summed E-state index contributed by atoms with van der Waals surface area (Å²) in [4.78, 5) is 30.4. The molecule has 2 amide bonds. The zero-order chi connectivity index (χ0) is 21.1. The van der Waals surface area contributed by atoms with E-state index < -0.39 is 11.9 Å². The fraction of sp³-hybridized carbons (Fsp3) is 0.381. The second-order valence-corrected chi connectivity index (χ2v) is 8.49. The standard InChI is InChI=1S/C21H24FN5O2S/c22-15-3-5-16(6-4-15)27-19(20(23)28)14-18(24-27)21(29)26-11-9-25(10-12-26)8-7-17-2-1-13-30-17/h1-6,13,19H,7-12,14H2,(H2,23,28). The number of hydrogen-bond donors (Lipinski definition) is 1. The molecule has 0 spiro atoms. The number of hydrazone groups is 1. The summed E-state index contributed by atoms with van der Waals surface area (Å²) in [5.41, 5.74) is 6.37. The lowest BCUT2D eigenvalue weighted by atomic mass is 10.1. The minimum Gasteiger partial charge on any atom is -0.368 e. The molecule has 1 fully saturated rings. The highest BCUT2D eigenvalue weighted by Crippen LogP contribution is 2.25. The fourth-order valence-electron chi connectivity index (χ4n) is 3.77. The van der Waals surface area contributed by atoms with Gasteiger partial charge in [-0.3, -0.25) is 19.5 Å². The van der Waals surface area contributed by atoms with Crippen molar-refractivity contribution in [1.29, 1.82) is 0 Å². The molecule has 30 heavy (non-hydrogen) atoms. The highest BCUT2D eigenvalue weighted by molar-refractivity contribution is 7.09. The molecule has 1 unspecified atom stereocenters. The van der Waals surface area contributed by atoms with Crippen LogP contribution in [0.5, 0.6) is 0 Å². The van der Waals surface area contributed by atoms with Gasteiger partial charge in [0.15, 0.2) is 0 Å². The van der Waals surface area contributed by atoms with Crippen molar-refractivity contribution in [3.63, 3.8) is 0 Å². The van der Waals surface area contributed by atoms with Crippen LogP contribution in [-0.2, 0) is 16.0 Å². The topological polar surface area (TPSA) is 82.2 Å². The summed E-state index contributed by atoms with van der Waals surface area (Å²) in [5, 5.41) is 7.89. The van der Waals surface area contributed by atoms with Crippen molar-refractivity contribution in [2.24, 2.45) is 10.8 Å². The molecule has 0 aliphatic carbocycles. The Morgan fingerprint density at radius 3 is 2.50 bits per heavy atom. The average Bonchev–Trinajstić information content (AvgIpc) is 3.43. The minimum atomic E-state index is -0.749. The number of nitrogens with zero attached hydrogens (tertiary/aromatic N) is 4. The van der Waals surface area contributed by atoms with Crippen LogP contribution in [-0.4, -0.2) is 66.1 Å². The molecule has 158 valence electrons. The summed E-state index contributed by atoms with van der Waals surface area (Å²) >= 11 is 1.77. The fourth-order valence-corrected chi connectivity index (χ4v) is 4.47. The summed E-state index contributed by atoms with van der Waals surface area (Å²) in [5.74, 6) is -1.11. The first-order valence-corrected chi connectivity index (χ1v) is 10.8. The molecule has 4 rings (SSSR count). The summed E-state index contributed by atoms with van der Waals surface area (Å²) < 4.78 is 13.2. The van der Waals surface area contributed by atoms with E-state index in [1.54, 1.807) is 16.2 Å². The molecule has 2 aliphatic rings. The molecule has 1 aromatic heterocycles. The summed E-state index contributed by atoms with van der Waals surface area (Å²) in [6, 6.07) is 9.08. The smallest absolute Gasteiger partial charge is 0.270 e. The Morgan fingerprint density at radius 2 is 1.87 bits per heavy atom. The molecule has 0 bridgehead atoms.